The van der Waals surface area contributed by atoms with Crippen molar-refractivity contribution < 1.29 is 9.90 Å². The topological polar surface area (TPSA) is 67.2 Å². The van der Waals surface area contributed by atoms with Gasteiger partial charge in [0, 0.05) is 24.0 Å². The molecule has 2 rings (SSSR count). The Labute approximate surface area is 111 Å². The second-order valence-corrected chi connectivity index (χ2v) is 4.50. The van der Waals surface area contributed by atoms with Crippen molar-refractivity contribution in [2.45, 2.75) is 25.9 Å². The first-order chi connectivity index (χ1) is 9.15. The molecule has 0 aliphatic heterocycles. The summed E-state index contributed by atoms with van der Waals surface area (Å²) in [7, 11) is 0. The summed E-state index contributed by atoms with van der Waals surface area (Å²) < 4.78 is 1.77. The molecule has 0 radical (unpaired) electrons. The van der Waals surface area contributed by atoms with Gasteiger partial charge in [0.25, 0.3) is 0 Å². The van der Waals surface area contributed by atoms with Gasteiger partial charge in [-0.05, 0) is 19.1 Å². The first-order valence-electron chi connectivity index (χ1n) is 6.19. The monoisotopic (exact) mass is 259 g/mol. The fourth-order valence-corrected chi connectivity index (χ4v) is 1.89. The van der Waals surface area contributed by atoms with Crippen LogP contribution in [0.5, 0.6) is 5.75 Å². The van der Waals surface area contributed by atoms with E-state index in [1.165, 1.54) is 0 Å². The number of aromatic nitrogens is 2. The number of nitrogens with one attached hydrogen (secondary N) is 1. The van der Waals surface area contributed by atoms with Crippen LogP contribution in [0.3, 0.4) is 0 Å². The van der Waals surface area contributed by atoms with Gasteiger partial charge >= 0.3 is 0 Å². The fraction of sp³-hybridized carbons (Fsp3) is 0.286. The van der Waals surface area contributed by atoms with Gasteiger partial charge in [-0.1, -0.05) is 18.2 Å². The molecule has 0 bridgehead atoms. The largest absolute Gasteiger partial charge is 0.508 e. The molecule has 0 saturated heterocycles. The molecule has 0 saturated carbocycles. The molecule has 5 nitrogen and oxygen atoms in total. The number of carbonyl (C=O) groups excluding carboxylic acids is 1. The van der Waals surface area contributed by atoms with E-state index in [1.807, 2.05) is 19.2 Å². The van der Waals surface area contributed by atoms with E-state index in [0.29, 0.717) is 12.1 Å². The summed E-state index contributed by atoms with van der Waals surface area (Å²) in [5, 5.41) is 16.6. The third-order valence-corrected chi connectivity index (χ3v) is 2.77. The van der Waals surface area contributed by atoms with Crippen LogP contribution in [0.15, 0.2) is 42.7 Å². The number of hydrogen-bond acceptors (Lipinski definition) is 3. The molecule has 5 heteroatoms. The highest BCUT2D eigenvalue weighted by atomic mass is 16.3. The van der Waals surface area contributed by atoms with Crippen molar-refractivity contribution in [1.29, 1.82) is 0 Å². The molecular formula is C14H17N3O2. The van der Waals surface area contributed by atoms with Gasteiger partial charge in [-0.15, -0.1) is 0 Å². The summed E-state index contributed by atoms with van der Waals surface area (Å²) in [6.07, 6.45) is 3.73. The van der Waals surface area contributed by atoms with Crippen LogP contribution in [-0.2, 0) is 17.8 Å². The molecule has 1 atom stereocenters. The molecule has 0 fully saturated rings. The van der Waals surface area contributed by atoms with Gasteiger partial charge in [0.1, 0.15) is 5.75 Å². The molecule has 0 aliphatic rings. The van der Waals surface area contributed by atoms with Gasteiger partial charge in [-0.25, -0.2) is 0 Å². The number of phenolic OH excluding ortho intramolecular Hbond substituents is 1. The summed E-state index contributed by atoms with van der Waals surface area (Å²) >= 11 is 0. The van der Waals surface area contributed by atoms with Crippen molar-refractivity contribution in [3.63, 3.8) is 0 Å². The number of carbonyl (C=O) groups is 1. The maximum Gasteiger partial charge on any atom is 0.224 e. The zero-order valence-electron chi connectivity index (χ0n) is 10.8. The van der Waals surface area contributed by atoms with Gasteiger partial charge in [-0.3, -0.25) is 9.48 Å². The van der Waals surface area contributed by atoms with Crippen molar-refractivity contribution >= 4 is 5.91 Å². The van der Waals surface area contributed by atoms with Crippen LogP contribution in [0, 0.1) is 0 Å². The number of benzene rings is 1. The molecular weight excluding hydrogens is 242 g/mol. The zero-order chi connectivity index (χ0) is 13.7. The van der Waals surface area contributed by atoms with Crippen molar-refractivity contribution in [3.8, 4) is 5.75 Å². The third-order valence-electron chi connectivity index (χ3n) is 2.77. The van der Waals surface area contributed by atoms with Gasteiger partial charge in [0.2, 0.25) is 5.91 Å². The van der Waals surface area contributed by atoms with E-state index < -0.39 is 0 Å². The fourth-order valence-electron chi connectivity index (χ4n) is 1.89. The van der Waals surface area contributed by atoms with E-state index in [4.69, 9.17) is 0 Å². The maximum atomic E-state index is 11.9. The second kappa shape index (κ2) is 6.04. The highest BCUT2D eigenvalue weighted by Crippen LogP contribution is 2.15. The van der Waals surface area contributed by atoms with Crippen molar-refractivity contribution in [3.05, 3.63) is 48.3 Å². The minimum atomic E-state index is -0.110. The second-order valence-electron chi connectivity index (χ2n) is 4.50. The van der Waals surface area contributed by atoms with Gasteiger partial charge < -0.3 is 10.4 Å². The normalized spacial score (nSPS) is 12.1. The molecule has 0 spiro atoms. The van der Waals surface area contributed by atoms with Crippen molar-refractivity contribution in [2.24, 2.45) is 0 Å². The quantitative estimate of drug-likeness (QED) is 0.851. The zero-order valence-corrected chi connectivity index (χ0v) is 10.8. The summed E-state index contributed by atoms with van der Waals surface area (Å²) in [5.41, 5.74) is 0.631. The van der Waals surface area contributed by atoms with Gasteiger partial charge in [0.05, 0.1) is 13.0 Å². The average Bonchev–Trinajstić information content (AvgIpc) is 2.84. The number of phenols is 1. The maximum absolute atomic E-state index is 11.9. The molecule has 1 amide bonds. The SMILES string of the molecule is CC(Cn1cccn1)NC(=O)Cc1ccccc1O. The summed E-state index contributed by atoms with van der Waals surface area (Å²) in [6, 6.07) is 8.68. The number of nitrogens with zero attached hydrogens (tertiary/aromatic N) is 2. The Morgan fingerprint density at radius 1 is 1.42 bits per heavy atom. The first kappa shape index (κ1) is 13.1. The lowest BCUT2D eigenvalue weighted by molar-refractivity contribution is -0.121. The highest BCUT2D eigenvalue weighted by Gasteiger charge is 2.10. The molecule has 1 heterocycles. The lowest BCUT2D eigenvalue weighted by Crippen LogP contribution is -2.36. The highest BCUT2D eigenvalue weighted by molar-refractivity contribution is 5.79. The van der Waals surface area contributed by atoms with Crippen molar-refractivity contribution in [1.82, 2.24) is 15.1 Å². The number of aromatic hydroxyl groups is 1. The number of amides is 1. The van der Waals surface area contributed by atoms with Crippen LogP contribution in [0.1, 0.15) is 12.5 Å². The molecule has 100 valence electrons. The molecule has 19 heavy (non-hydrogen) atoms. The predicted octanol–water partition coefficient (Wildman–Crippen LogP) is 1.34. The van der Waals surface area contributed by atoms with Crippen LogP contribution >= 0.6 is 0 Å². The van der Waals surface area contributed by atoms with Crippen LogP contribution in [0.4, 0.5) is 0 Å². The lowest BCUT2D eigenvalue weighted by Gasteiger charge is -2.14. The number of para-hydroxylation sites is 1. The minimum absolute atomic E-state index is 0.0155. The Morgan fingerprint density at radius 2 is 2.21 bits per heavy atom. The van der Waals surface area contributed by atoms with Gasteiger partial charge in [-0.2, -0.15) is 5.10 Å². The molecule has 1 aromatic carbocycles. The van der Waals surface area contributed by atoms with E-state index in [9.17, 15) is 9.90 Å². The average molecular weight is 259 g/mol. The Hall–Kier alpha value is -2.30. The van der Waals surface area contributed by atoms with Crippen LogP contribution in [-0.4, -0.2) is 26.8 Å². The van der Waals surface area contributed by atoms with Crippen LogP contribution < -0.4 is 5.32 Å². The first-order valence-corrected chi connectivity index (χ1v) is 6.19. The Balaban J connectivity index is 1.86. The Bertz CT molecular complexity index is 537. The summed E-state index contributed by atoms with van der Waals surface area (Å²) in [6.45, 7) is 2.55. The summed E-state index contributed by atoms with van der Waals surface area (Å²) in [4.78, 5) is 11.9. The van der Waals surface area contributed by atoms with Crippen LogP contribution in [0.25, 0.3) is 0 Å². The van der Waals surface area contributed by atoms with Crippen molar-refractivity contribution in [2.75, 3.05) is 0 Å². The Kier molecular flexibility index (Phi) is 4.18. The lowest BCUT2D eigenvalue weighted by atomic mass is 10.1. The molecule has 1 unspecified atom stereocenters. The standard InChI is InChI=1S/C14H17N3O2/c1-11(10-17-8-4-7-15-17)16-14(19)9-12-5-2-3-6-13(12)18/h2-8,11,18H,9-10H2,1H3,(H,16,19). The van der Waals surface area contributed by atoms with Crippen LogP contribution in [0.2, 0.25) is 0 Å². The predicted molar refractivity (Wildman–Crippen MR) is 71.6 cm³/mol. The smallest absolute Gasteiger partial charge is 0.224 e. The molecule has 2 N–H and O–H groups in total. The third kappa shape index (κ3) is 3.84. The van der Waals surface area contributed by atoms with E-state index >= 15 is 0 Å². The molecule has 2 aromatic rings. The van der Waals surface area contributed by atoms with Gasteiger partial charge in [0.15, 0.2) is 0 Å². The number of hydrogen-bond donors (Lipinski definition) is 2. The number of rotatable bonds is 5. The molecule has 1 aromatic heterocycles. The molecule has 0 aliphatic carbocycles. The minimum Gasteiger partial charge on any atom is -0.508 e. The van der Waals surface area contributed by atoms with E-state index in [-0.39, 0.29) is 24.1 Å². The van der Waals surface area contributed by atoms with E-state index in [2.05, 4.69) is 10.4 Å². The van der Waals surface area contributed by atoms with E-state index in [0.717, 1.165) is 0 Å². The van der Waals surface area contributed by atoms with E-state index in [1.54, 1.807) is 35.1 Å². The summed E-state index contributed by atoms with van der Waals surface area (Å²) in [5.74, 6) is 0.0403. The Morgan fingerprint density at radius 3 is 2.89 bits per heavy atom.